The molecule has 3 N–H and O–H groups in total. The third-order valence-electron chi connectivity index (χ3n) is 2.07. The Morgan fingerprint density at radius 1 is 1.62 bits per heavy atom. The quantitative estimate of drug-likeness (QED) is 0.729. The van der Waals surface area contributed by atoms with Gasteiger partial charge in [0.25, 0.3) is 0 Å². The van der Waals surface area contributed by atoms with Crippen molar-refractivity contribution in [3.8, 4) is 11.3 Å². The van der Waals surface area contributed by atoms with Gasteiger partial charge in [-0.25, -0.2) is 0 Å². The van der Waals surface area contributed by atoms with Crippen molar-refractivity contribution in [1.29, 1.82) is 0 Å². The Balaban J connectivity index is 2.52. The number of rotatable bonds is 2. The Morgan fingerprint density at radius 2 is 2.46 bits per heavy atom. The molecule has 68 valence electrons. The molecule has 0 atom stereocenters. The molecule has 0 aliphatic rings. The first-order chi connectivity index (χ1) is 6.33. The van der Waals surface area contributed by atoms with Crippen molar-refractivity contribution in [2.75, 3.05) is 0 Å². The van der Waals surface area contributed by atoms with E-state index in [1.165, 1.54) is 0 Å². The van der Waals surface area contributed by atoms with E-state index in [0.717, 1.165) is 22.5 Å². The normalized spacial score (nSPS) is 10.6. The largest absolute Gasteiger partial charge is 0.472 e. The fourth-order valence-electron chi connectivity index (χ4n) is 1.34. The van der Waals surface area contributed by atoms with Crippen LogP contribution in [-0.2, 0) is 6.54 Å². The highest BCUT2D eigenvalue weighted by Crippen LogP contribution is 2.23. The van der Waals surface area contributed by atoms with E-state index in [9.17, 15) is 0 Å². The number of H-pyrrole nitrogens is 1. The van der Waals surface area contributed by atoms with Crippen LogP contribution in [-0.4, -0.2) is 10.2 Å². The minimum atomic E-state index is 0.489. The molecule has 13 heavy (non-hydrogen) atoms. The molecule has 0 saturated heterocycles. The molecule has 0 unspecified atom stereocenters. The highest BCUT2D eigenvalue weighted by Gasteiger charge is 2.10. The van der Waals surface area contributed by atoms with Crippen LogP contribution >= 0.6 is 0 Å². The van der Waals surface area contributed by atoms with Crippen molar-refractivity contribution in [3.05, 3.63) is 29.9 Å². The van der Waals surface area contributed by atoms with Gasteiger partial charge in [-0.05, 0) is 13.0 Å². The van der Waals surface area contributed by atoms with E-state index in [1.807, 2.05) is 13.0 Å². The van der Waals surface area contributed by atoms with Crippen molar-refractivity contribution in [1.82, 2.24) is 10.2 Å². The smallest absolute Gasteiger partial charge is 0.100 e. The first-order valence-corrected chi connectivity index (χ1v) is 4.09. The summed E-state index contributed by atoms with van der Waals surface area (Å²) in [6.07, 6.45) is 3.29. The summed E-state index contributed by atoms with van der Waals surface area (Å²) in [4.78, 5) is 0. The van der Waals surface area contributed by atoms with Crippen molar-refractivity contribution < 1.29 is 4.42 Å². The lowest BCUT2D eigenvalue weighted by Crippen LogP contribution is -1.98. The van der Waals surface area contributed by atoms with Crippen LogP contribution in [0.25, 0.3) is 11.3 Å². The number of aromatic amines is 1. The van der Waals surface area contributed by atoms with Crippen LogP contribution in [0.3, 0.4) is 0 Å². The summed E-state index contributed by atoms with van der Waals surface area (Å²) < 4.78 is 4.98. The van der Waals surface area contributed by atoms with Crippen LogP contribution in [0.2, 0.25) is 0 Å². The van der Waals surface area contributed by atoms with E-state index in [1.54, 1.807) is 12.5 Å². The molecule has 0 amide bonds. The molecule has 0 fully saturated rings. The Labute approximate surface area is 75.7 Å². The Hall–Kier alpha value is -1.55. The number of aromatic nitrogens is 2. The third-order valence-corrected chi connectivity index (χ3v) is 2.07. The highest BCUT2D eigenvalue weighted by atomic mass is 16.3. The molecule has 2 aromatic heterocycles. The number of hydrogen-bond donors (Lipinski definition) is 2. The van der Waals surface area contributed by atoms with Crippen LogP contribution in [0, 0.1) is 6.92 Å². The van der Waals surface area contributed by atoms with E-state index in [0.29, 0.717) is 6.54 Å². The van der Waals surface area contributed by atoms with Gasteiger partial charge in [0, 0.05) is 23.4 Å². The molecule has 0 bridgehead atoms. The molecule has 2 aromatic rings. The zero-order chi connectivity index (χ0) is 9.26. The van der Waals surface area contributed by atoms with Gasteiger partial charge in [0.2, 0.25) is 0 Å². The van der Waals surface area contributed by atoms with Crippen LogP contribution in [0.4, 0.5) is 0 Å². The standard InChI is InChI=1S/C9H11N3O/c1-6-8(4-10)9(12-11-6)7-2-3-13-5-7/h2-3,5H,4,10H2,1H3,(H,11,12). The maximum absolute atomic E-state index is 5.61. The number of aryl methyl sites for hydroxylation is 1. The Kier molecular flexibility index (Phi) is 1.90. The fraction of sp³-hybridized carbons (Fsp3) is 0.222. The second-order valence-electron chi connectivity index (χ2n) is 2.89. The molecule has 0 aliphatic carbocycles. The second-order valence-corrected chi connectivity index (χ2v) is 2.89. The zero-order valence-corrected chi connectivity index (χ0v) is 7.37. The second kappa shape index (κ2) is 3.06. The Morgan fingerprint density at radius 3 is 3.08 bits per heavy atom. The van der Waals surface area contributed by atoms with E-state index in [-0.39, 0.29) is 0 Å². The van der Waals surface area contributed by atoms with Gasteiger partial charge in [-0.1, -0.05) is 0 Å². The predicted molar refractivity (Wildman–Crippen MR) is 48.9 cm³/mol. The van der Waals surface area contributed by atoms with Gasteiger partial charge in [0.1, 0.15) is 5.69 Å². The van der Waals surface area contributed by atoms with Gasteiger partial charge in [-0.3, -0.25) is 5.10 Å². The molecule has 0 radical (unpaired) electrons. The maximum atomic E-state index is 5.61. The number of furan rings is 1. The minimum absolute atomic E-state index is 0.489. The number of nitrogens with zero attached hydrogens (tertiary/aromatic N) is 1. The third kappa shape index (κ3) is 1.25. The molecule has 4 nitrogen and oxygen atoms in total. The average molecular weight is 177 g/mol. The minimum Gasteiger partial charge on any atom is -0.472 e. The average Bonchev–Trinajstić information content (AvgIpc) is 2.71. The monoisotopic (exact) mass is 177 g/mol. The van der Waals surface area contributed by atoms with Gasteiger partial charge in [0.15, 0.2) is 0 Å². The molecule has 4 heteroatoms. The lowest BCUT2D eigenvalue weighted by Gasteiger charge is -1.95. The van der Waals surface area contributed by atoms with E-state index >= 15 is 0 Å². The fourth-order valence-corrected chi connectivity index (χ4v) is 1.34. The van der Waals surface area contributed by atoms with Gasteiger partial charge in [-0.15, -0.1) is 0 Å². The molecule has 0 aromatic carbocycles. The molecule has 2 rings (SSSR count). The number of nitrogens with one attached hydrogen (secondary N) is 1. The molecular weight excluding hydrogens is 166 g/mol. The topological polar surface area (TPSA) is 67.8 Å². The summed E-state index contributed by atoms with van der Waals surface area (Å²) in [5, 5.41) is 7.07. The summed E-state index contributed by atoms with van der Waals surface area (Å²) in [7, 11) is 0. The van der Waals surface area contributed by atoms with Crippen molar-refractivity contribution >= 4 is 0 Å². The highest BCUT2D eigenvalue weighted by molar-refractivity contribution is 5.62. The van der Waals surface area contributed by atoms with Crippen molar-refractivity contribution in [3.63, 3.8) is 0 Å². The summed E-state index contributed by atoms with van der Waals surface area (Å²) in [5.74, 6) is 0. The lowest BCUT2D eigenvalue weighted by molar-refractivity contribution is 0.568. The maximum Gasteiger partial charge on any atom is 0.100 e. The van der Waals surface area contributed by atoms with Crippen LogP contribution < -0.4 is 5.73 Å². The van der Waals surface area contributed by atoms with Gasteiger partial charge >= 0.3 is 0 Å². The first kappa shape index (κ1) is 8.07. The van der Waals surface area contributed by atoms with E-state index in [2.05, 4.69) is 10.2 Å². The van der Waals surface area contributed by atoms with Crippen molar-refractivity contribution in [2.24, 2.45) is 5.73 Å². The Bertz CT molecular complexity index is 389. The summed E-state index contributed by atoms with van der Waals surface area (Å²) >= 11 is 0. The van der Waals surface area contributed by atoms with Gasteiger partial charge in [0.05, 0.1) is 12.5 Å². The molecule has 0 spiro atoms. The predicted octanol–water partition coefficient (Wildman–Crippen LogP) is 1.44. The van der Waals surface area contributed by atoms with Crippen LogP contribution in [0.15, 0.2) is 23.0 Å². The van der Waals surface area contributed by atoms with Crippen molar-refractivity contribution in [2.45, 2.75) is 13.5 Å². The number of hydrogen-bond acceptors (Lipinski definition) is 3. The lowest BCUT2D eigenvalue weighted by atomic mass is 10.1. The summed E-state index contributed by atoms with van der Waals surface area (Å²) in [5.41, 5.74) is 9.51. The number of nitrogens with two attached hydrogens (primary N) is 1. The SMILES string of the molecule is Cc1[nH]nc(-c2ccoc2)c1CN. The van der Waals surface area contributed by atoms with E-state index in [4.69, 9.17) is 10.2 Å². The van der Waals surface area contributed by atoms with Gasteiger partial charge < -0.3 is 10.2 Å². The zero-order valence-electron chi connectivity index (χ0n) is 7.37. The van der Waals surface area contributed by atoms with E-state index < -0.39 is 0 Å². The molecule has 0 saturated carbocycles. The summed E-state index contributed by atoms with van der Waals surface area (Å²) in [6, 6.07) is 1.87. The first-order valence-electron chi connectivity index (χ1n) is 4.09. The molecule has 2 heterocycles. The molecular formula is C9H11N3O. The van der Waals surface area contributed by atoms with Crippen LogP contribution in [0.1, 0.15) is 11.3 Å². The molecule has 0 aliphatic heterocycles. The van der Waals surface area contributed by atoms with Crippen LogP contribution in [0.5, 0.6) is 0 Å². The summed E-state index contributed by atoms with van der Waals surface area (Å²) in [6.45, 7) is 2.45. The van der Waals surface area contributed by atoms with Gasteiger partial charge in [-0.2, -0.15) is 5.10 Å².